The molecule has 2 aliphatic heterocycles. The number of amides is 5. The van der Waals surface area contributed by atoms with Gasteiger partial charge in [0.2, 0.25) is 11.8 Å². The van der Waals surface area contributed by atoms with Crippen LogP contribution < -0.4 is 15.4 Å². The van der Waals surface area contributed by atoms with Gasteiger partial charge in [-0.25, -0.2) is 9.78 Å². The molecule has 1 aromatic carbocycles. The van der Waals surface area contributed by atoms with Gasteiger partial charge >= 0.3 is 12.1 Å². The molecule has 1 saturated carbocycles. The molecule has 3 aliphatic rings. The Morgan fingerprint density at radius 3 is 2.42 bits per heavy atom. The molecular formula is C33H42N6O9. The van der Waals surface area contributed by atoms with Crippen molar-refractivity contribution >= 4 is 46.6 Å². The third-order valence-electron chi connectivity index (χ3n) is 8.68. The summed E-state index contributed by atoms with van der Waals surface area (Å²) in [5.74, 6) is -2.60. The van der Waals surface area contributed by atoms with Gasteiger partial charge in [0.05, 0.1) is 12.1 Å². The zero-order chi connectivity index (χ0) is 34.2. The van der Waals surface area contributed by atoms with Crippen molar-refractivity contribution in [3.05, 3.63) is 36.0 Å². The summed E-state index contributed by atoms with van der Waals surface area (Å²) in [5.41, 5.74) is 0.326. The standard InChI is InChI=1S/C33H42N6O9/c1-2-47-33(46)38-17-15-37(16-18-38)32(45)24(12-13-29(41)42)36-30(43)25-19-27(22-7-3-4-8-23(22)35-25)48-20-28(40)39-14-6-5-9-26(39)31(44)34-21-10-11-21/h3-4,7-8,19,21,24,26H,2,5-6,9-18,20H2,1H3,(H,34,44)(H,36,43)(H,41,42)/t24-,26-/m0/s1. The van der Waals surface area contributed by atoms with Crippen LogP contribution in [0.25, 0.3) is 10.9 Å². The average Bonchev–Trinajstić information content (AvgIpc) is 3.92. The molecule has 258 valence electrons. The van der Waals surface area contributed by atoms with Crippen molar-refractivity contribution < 1.29 is 43.3 Å². The van der Waals surface area contributed by atoms with Gasteiger partial charge in [0.1, 0.15) is 23.5 Å². The molecule has 1 aliphatic carbocycles. The quantitative estimate of drug-likeness (QED) is 0.300. The van der Waals surface area contributed by atoms with Gasteiger partial charge in [-0.1, -0.05) is 12.1 Å². The number of pyridine rings is 1. The molecule has 15 nitrogen and oxygen atoms in total. The summed E-state index contributed by atoms with van der Waals surface area (Å²) < 4.78 is 11.0. The number of benzene rings is 1. The molecule has 2 aromatic rings. The minimum absolute atomic E-state index is 0.0870. The highest BCUT2D eigenvalue weighted by molar-refractivity contribution is 5.99. The van der Waals surface area contributed by atoms with Crippen LogP contribution in [0.3, 0.4) is 0 Å². The van der Waals surface area contributed by atoms with Gasteiger partial charge in [0.15, 0.2) is 6.61 Å². The van der Waals surface area contributed by atoms with E-state index in [1.54, 1.807) is 36.1 Å². The van der Waals surface area contributed by atoms with E-state index in [9.17, 15) is 33.9 Å². The molecule has 3 fully saturated rings. The first-order valence-corrected chi connectivity index (χ1v) is 16.5. The first-order chi connectivity index (χ1) is 23.1. The number of fused-ring (bicyclic) bond motifs is 1. The fourth-order valence-electron chi connectivity index (χ4n) is 5.93. The van der Waals surface area contributed by atoms with E-state index in [4.69, 9.17) is 9.47 Å². The highest BCUT2D eigenvalue weighted by Crippen LogP contribution is 2.27. The van der Waals surface area contributed by atoms with E-state index in [0.29, 0.717) is 23.9 Å². The van der Waals surface area contributed by atoms with Gasteiger partial charge in [-0.2, -0.15) is 0 Å². The van der Waals surface area contributed by atoms with E-state index in [1.165, 1.54) is 15.9 Å². The van der Waals surface area contributed by atoms with Crippen LogP contribution in [0.5, 0.6) is 5.75 Å². The number of carboxylic acids is 1. The summed E-state index contributed by atoms with van der Waals surface area (Å²) in [4.78, 5) is 85.7. The normalized spacial score (nSPS) is 18.5. The van der Waals surface area contributed by atoms with E-state index in [1.807, 2.05) is 0 Å². The minimum atomic E-state index is -1.17. The number of carbonyl (C=O) groups excluding carboxylic acids is 5. The smallest absolute Gasteiger partial charge is 0.409 e. The average molecular weight is 667 g/mol. The maximum Gasteiger partial charge on any atom is 0.409 e. The van der Waals surface area contributed by atoms with Crippen molar-refractivity contribution in [1.82, 2.24) is 30.3 Å². The molecule has 3 heterocycles. The number of carboxylic acid groups (broad SMARTS) is 1. The van der Waals surface area contributed by atoms with Gasteiger partial charge in [0, 0.05) is 56.6 Å². The lowest BCUT2D eigenvalue weighted by Crippen LogP contribution is -2.56. The van der Waals surface area contributed by atoms with Gasteiger partial charge < -0.3 is 39.9 Å². The van der Waals surface area contributed by atoms with E-state index >= 15 is 0 Å². The number of aliphatic carboxylic acids is 1. The summed E-state index contributed by atoms with van der Waals surface area (Å²) in [7, 11) is 0. The Kier molecular flexibility index (Phi) is 11.3. The fourth-order valence-corrected chi connectivity index (χ4v) is 5.93. The number of piperidine rings is 1. The predicted octanol–water partition coefficient (Wildman–Crippen LogP) is 1.54. The Bertz CT molecular complexity index is 1540. The number of piperazine rings is 1. The van der Waals surface area contributed by atoms with Crippen LogP contribution in [0.2, 0.25) is 0 Å². The van der Waals surface area contributed by atoms with Crippen LogP contribution in [0.4, 0.5) is 4.79 Å². The molecule has 2 atom stereocenters. The molecule has 3 N–H and O–H groups in total. The van der Waals surface area contributed by atoms with E-state index < -0.39 is 36.0 Å². The Morgan fingerprint density at radius 2 is 1.71 bits per heavy atom. The molecule has 0 radical (unpaired) electrons. The SMILES string of the molecule is CCOC(=O)N1CCN(C(=O)[C@H](CCC(=O)O)NC(=O)c2cc(OCC(=O)N3CCCC[C@H]3C(=O)NC3CC3)c3ccccc3n2)CC1. The van der Waals surface area contributed by atoms with E-state index in [-0.39, 0.29) is 81.5 Å². The third-order valence-corrected chi connectivity index (χ3v) is 8.68. The Labute approximate surface area is 277 Å². The Hall–Kier alpha value is -4.95. The lowest BCUT2D eigenvalue weighted by atomic mass is 10.0. The van der Waals surface area contributed by atoms with Gasteiger partial charge in [0.25, 0.3) is 11.8 Å². The zero-order valence-electron chi connectivity index (χ0n) is 27.0. The fraction of sp³-hybridized carbons (Fsp3) is 0.545. The van der Waals surface area contributed by atoms with E-state index in [2.05, 4.69) is 15.6 Å². The number of nitrogens with zero attached hydrogens (tertiary/aromatic N) is 4. The second-order valence-corrected chi connectivity index (χ2v) is 12.2. The van der Waals surface area contributed by atoms with Crippen molar-refractivity contribution in [3.63, 3.8) is 0 Å². The van der Waals surface area contributed by atoms with Crippen LogP contribution in [0.15, 0.2) is 30.3 Å². The number of nitrogens with one attached hydrogen (secondary N) is 2. The summed E-state index contributed by atoms with van der Waals surface area (Å²) in [5, 5.41) is 15.5. The lowest BCUT2D eigenvalue weighted by molar-refractivity contribution is -0.143. The monoisotopic (exact) mass is 666 g/mol. The summed E-state index contributed by atoms with van der Waals surface area (Å²) in [6.45, 7) is 2.87. The number of carbonyl (C=O) groups is 6. The van der Waals surface area contributed by atoms with E-state index in [0.717, 1.165) is 25.7 Å². The van der Waals surface area contributed by atoms with Crippen molar-refractivity contribution in [2.75, 3.05) is 45.9 Å². The molecule has 0 unspecified atom stereocenters. The van der Waals surface area contributed by atoms with Gasteiger partial charge in [-0.15, -0.1) is 0 Å². The first-order valence-electron chi connectivity index (χ1n) is 16.5. The second-order valence-electron chi connectivity index (χ2n) is 12.2. The number of hydrogen-bond donors (Lipinski definition) is 3. The second kappa shape index (κ2) is 15.8. The molecule has 48 heavy (non-hydrogen) atoms. The highest BCUT2D eigenvalue weighted by atomic mass is 16.6. The van der Waals surface area contributed by atoms with Crippen molar-refractivity contribution in [1.29, 1.82) is 0 Å². The highest BCUT2D eigenvalue weighted by Gasteiger charge is 2.35. The topological polar surface area (TPSA) is 188 Å². The number of para-hydroxylation sites is 1. The predicted molar refractivity (Wildman–Crippen MR) is 171 cm³/mol. The molecular weight excluding hydrogens is 624 g/mol. The molecule has 5 rings (SSSR count). The number of rotatable bonds is 12. The molecule has 15 heteroatoms. The van der Waals surface area contributed by atoms with Crippen molar-refractivity contribution in [3.8, 4) is 5.75 Å². The van der Waals surface area contributed by atoms with Crippen LogP contribution >= 0.6 is 0 Å². The van der Waals surface area contributed by atoms with Gasteiger partial charge in [-0.05, 0) is 57.6 Å². The maximum absolute atomic E-state index is 13.6. The maximum atomic E-state index is 13.6. The first kappa shape index (κ1) is 34.4. The van der Waals surface area contributed by atoms with Crippen molar-refractivity contribution in [2.45, 2.75) is 70.0 Å². The summed E-state index contributed by atoms with van der Waals surface area (Å²) in [6, 6.07) is 6.77. The zero-order valence-corrected chi connectivity index (χ0v) is 27.0. The molecule has 2 saturated heterocycles. The summed E-state index contributed by atoms with van der Waals surface area (Å²) >= 11 is 0. The molecule has 0 spiro atoms. The number of likely N-dealkylation sites (tertiary alicyclic amines) is 1. The lowest BCUT2D eigenvalue weighted by Gasteiger charge is -2.35. The van der Waals surface area contributed by atoms with Crippen LogP contribution in [-0.2, 0) is 23.9 Å². The van der Waals surface area contributed by atoms with Crippen molar-refractivity contribution in [2.24, 2.45) is 0 Å². The molecule has 5 amide bonds. The number of ether oxygens (including phenoxy) is 2. The largest absolute Gasteiger partial charge is 0.483 e. The van der Waals surface area contributed by atoms with Gasteiger partial charge in [-0.3, -0.25) is 24.0 Å². The van der Waals surface area contributed by atoms with Crippen LogP contribution in [-0.4, -0.2) is 125 Å². The Balaban J connectivity index is 1.28. The van der Waals surface area contributed by atoms with Crippen LogP contribution in [0, 0.1) is 0 Å². The van der Waals surface area contributed by atoms with Crippen LogP contribution in [0.1, 0.15) is 62.4 Å². The minimum Gasteiger partial charge on any atom is -0.483 e. The molecule has 1 aromatic heterocycles. The Morgan fingerprint density at radius 1 is 0.979 bits per heavy atom. The number of hydrogen-bond acceptors (Lipinski definition) is 9. The number of aromatic nitrogens is 1. The third kappa shape index (κ3) is 8.69. The summed E-state index contributed by atoms with van der Waals surface area (Å²) in [6.07, 6.45) is 3.11. The molecule has 0 bridgehead atoms.